The molecule has 25 heavy (non-hydrogen) atoms. The third-order valence-electron chi connectivity index (χ3n) is 4.61. The van der Waals surface area contributed by atoms with E-state index in [9.17, 15) is 9.59 Å². The highest BCUT2D eigenvalue weighted by Crippen LogP contribution is 2.21. The van der Waals surface area contributed by atoms with Crippen molar-refractivity contribution in [3.05, 3.63) is 65.7 Å². The lowest BCUT2D eigenvalue weighted by atomic mass is 9.95. The zero-order chi connectivity index (χ0) is 17.6. The molecule has 0 radical (unpaired) electrons. The van der Waals surface area contributed by atoms with Gasteiger partial charge in [-0.2, -0.15) is 0 Å². The second kappa shape index (κ2) is 7.94. The fourth-order valence-electron chi connectivity index (χ4n) is 3.14. The van der Waals surface area contributed by atoms with Crippen LogP contribution in [0.25, 0.3) is 0 Å². The van der Waals surface area contributed by atoms with Gasteiger partial charge in [0.15, 0.2) is 0 Å². The van der Waals surface area contributed by atoms with Crippen LogP contribution in [-0.4, -0.2) is 35.0 Å². The van der Waals surface area contributed by atoms with Gasteiger partial charge < -0.3 is 10.4 Å². The Morgan fingerprint density at radius 2 is 1.64 bits per heavy atom. The summed E-state index contributed by atoms with van der Waals surface area (Å²) in [5.74, 6) is -0.947. The molecule has 2 N–H and O–H groups in total. The lowest BCUT2D eigenvalue weighted by Gasteiger charge is -2.31. The molecule has 0 atom stereocenters. The average molecular weight is 338 g/mol. The molecule has 2 aromatic carbocycles. The summed E-state index contributed by atoms with van der Waals surface area (Å²) in [7, 11) is 0. The second-order valence-corrected chi connectivity index (χ2v) is 6.41. The van der Waals surface area contributed by atoms with E-state index in [4.69, 9.17) is 5.11 Å². The van der Waals surface area contributed by atoms with E-state index in [0.717, 1.165) is 32.5 Å². The first-order chi connectivity index (χ1) is 12.1. The normalized spacial score (nSPS) is 15.7. The maximum absolute atomic E-state index is 12.4. The van der Waals surface area contributed by atoms with Crippen molar-refractivity contribution in [3.63, 3.8) is 0 Å². The van der Waals surface area contributed by atoms with Gasteiger partial charge in [0.1, 0.15) is 0 Å². The third-order valence-corrected chi connectivity index (χ3v) is 4.61. The lowest BCUT2D eigenvalue weighted by Crippen LogP contribution is -2.37. The molecule has 0 unspecified atom stereocenters. The third kappa shape index (κ3) is 4.67. The predicted molar refractivity (Wildman–Crippen MR) is 96.5 cm³/mol. The molecule has 1 aliphatic rings. The number of carbonyl (C=O) groups is 2. The zero-order valence-electron chi connectivity index (χ0n) is 14.0. The predicted octanol–water partition coefficient (Wildman–Crippen LogP) is 3.24. The summed E-state index contributed by atoms with van der Waals surface area (Å²) in [6.07, 6.45) is 1.68. The van der Waals surface area contributed by atoms with Crippen LogP contribution in [0.4, 0.5) is 5.69 Å². The number of hydrogen-bond acceptors (Lipinski definition) is 3. The monoisotopic (exact) mass is 338 g/mol. The molecule has 0 spiro atoms. The number of carboxylic acids is 1. The van der Waals surface area contributed by atoms with Gasteiger partial charge in [0, 0.05) is 18.2 Å². The molecule has 3 rings (SSSR count). The number of rotatable bonds is 5. The Bertz CT molecular complexity index is 720. The molecule has 1 heterocycles. The van der Waals surface area contributed by atoms with E-state index in [0.29, 0.717) is 5.69 Å². The van der Waals surface area contributed by atoms with Crippen molar-refractivity contribution in [1.29, 1.82) is 0 Å². The number of likely N-dealkylation sites (tertiary alicyclic amines) is 1. The van der Waals surface area contributed by atoms with Gasteiger partial charge >= 0.3 is 5.97 Å². The highest BCUT2D eigenvalue weighted by Gasteiger charge is 2.25. The molecular formula is C20H22N2O3. The fraction of sp³-hybridized carbons (Fsp3) is 0.300. The van der Waals surface area contributed by atoms with Gasteiger partial charge in [0.05, 0.1) is 5.56 Å². The Balaban J connectivity index is 1.49. The van der Waals surface area contributed by atoms with Gasteiger partial charge in [0.25, 0.3) is 0 Å². The number of piperidine rings is 1. The van der Waals surface area contributed by atoms with Crippen LogP contribution in [-0.2, 0) is 11.3 Å². The van der Waals surface area contributed by atoms with Gasteiger partial charge in [-0.3, -0.25) is 9.69 Å². The van der Waals surface area contributed by atoms with Crippen LogP contribution in [0, 0.1) is 5.92 Å². The van der Waals surface area contributed by atoms with E-state index in [-0.39, 0.29) is 17.4 Å². The number of amides is 1. The number of nitrogens with zero attached hydrogens (tertiary/aromatic N) is 1. The van der Waals surface area contributed by atoms with E-state index >= 15 is 0 Å². The minimum atomic E-state index is -0.969. The van der Waals surface area contributed by atoms with E-state index in [2.05, 4.69) is 22.3 Å². The second-order valence-electron chi connectivity index (χ2n) is 6.41. The number of aromatic carboxylic acids is 1. The smallest absolute Gasteiger partial charge is 0.335 e. The Morgan fingerprint density at radius 3 is 2.24 bits per heavy atom. The quantitative estimate of drug-likeness (QED) is 0.878. The Hall–Kier alpha value is -2.66. The maximum Gasteiger partial charge on any atom is 0.335 e. The first kappa shape index (κ1) is 17.2. The Labute approximate surface area is 147 Å². The van der Waals surface area contributed by atoms with E-state index in [1.165, 1.54) is 17.7 Å². The Kier molecular flexibility index (Phi) is 5.46. The first-order valence-corrected chi connectivity index (χ1v) is 8.52. The van der Waals surface area contributed by atoms with Crippen LogP contribution >= 0.6 is 0 Å². The molecule has 1 saturated heterocycles. The van der Waals surface area contributed by atoms with Gasteiger partial charge in [-0.1, -0.05) is 30.3 Å². The molecule has 1 fully saturated rings. The van der Waals surface area contributed by atoms with Crippen molar-refractivity contribution in [2.45, 2.75) is 19.4 Å². The highest BCUT2D eigenvalue weighted by atomic mass is 16.4. The Morgan fingerprint density at radius 1 is 1.00 bits per heavy atom. The highest BCUT2D eigenvalue weighted by molar-refractivity contribution is 5.93. The summed E-state index contributed by atoms with van der Waals surface area (Å²) in [6.45, 7) is 2.74. The van der Waals surface area contributed by atoms with Gasteiger partial charge in [-0.05, 0) is 55.8 Å². The number of nitrogens with one attached hydrogen (secondary N) is 1. The summed E-state index contributed by atoms with van der Waals surface area (Å²) >= 11 is 0. The molecule has 2 aromatic rings. The van der Waals surface area contributed by atoms with Crippen molar-refractivity contribution < 1.29 is 14.7 Å². The lowest BCUT2D eigenvalue weighted by molar-refractivity contribution is -0.121. The molecule has 5 nitrogen and oxygen atoms in total. The average Bonchev–Trinajstić information content (AvgIpc) is 2.63. The number of anilines is 1. The van der Waals surface area contributed by atoms with Crippen LogP contribution in [0.3, 0.4) is 0 Å². The van der Waals surface area contributed by atoms with Crippen LogP contribution in [0.15, 0.2) is 54.6 Å². The van der Waals surface area contributed by atoms with Crippen molar-refractivity contribution >= 4 is 17.6 Å². The summed E-state index contributed by atoms with van der Waals surface area (Å²) in [4.78, 5) is 25.6. The van der Waals surface area contributed by atoms with E-state index in [1.807, 2.05) is 18.2 Å². The molecule has 5 heteroatoms. The van der Waals surface area contributed by atoms with Crippen LogP contribution in [0.5, 0.6) is 0 Å². The molecule has 0 aromatic heterocycles. The molecule has 1 amide bonds. The maximum atomic E-state index is 12.4. The topological polar surface area (TPSA) is 69.6 Å². The number of hydrogen-bond donors (Lipinski definition) is 2. The summed E-state index contributed by atoms with van der Waals surface area (Å²) in [5.41, 5.74) is 2.15. The van der Waals surface area contributed by atoms with Crippen molar-refractivity contribution in [2.75, 3.05) is 18.4 Å². The number of benzene rings is 2. The van der Waals surface area contributed by atoms with Crippen molar-refractivity contribution in [1.82, 2.24) is 4.90 Å². The van der Waals surface area contributed by atoms with Gasteiger partial charge in [-0.15, -0.1) is 0 Å². The minimum absolute atomic E-state index is 0.00572. The minimum Gasteiger partial charge on any atom is -0.478 e. The van der Waals surface area contributed by atoms with Crippen LogP contribution in [0.1, 0.15) is 28.8 Å². The standard InChI is InChI=1S/C20H22N2O3/c23-19(21-18-8-6-17(7-9-18)20(24)25)16-10-12-22(13-11-16)14-15-4-2-1-3-5-15/h1-9,16H,10-14H2,(H,21,23)(H,24,25). The first-order valence-electron chi connectivity index (χ1n) is 8.52. The van der Waals surface area contributed by atoms with Gasteiger partial charge in [0.2, 0.25) is 5.91 Å². The molecule has 0 bridgehead atoms. The SMILES string of the molecule is O=C(O)c1ccc(NC(=O)C2CCN(Cc3ccccc3)CC2)cc1. The van der Waals surface area contributed by atoms with Crippen LogP contribution in [0.2, 0.25) is 0 Å². The van der Waals surface area contributed by atoms with Gasteiger partial charge in [-0.25, -0.2) is 4.79 Å². The molecule has 0 saturated carbocycles. The molecule has 1 aliphatic heterocycles. The molecule has 0 aliphatic carbocycles. The van der Waals surface area contributed by atoms with E-state index < -0.39 is 5.97 Å². The fourth-order valence-corrected chi connectivity index (χ4v) is 3.14. The van der Waals surface area contributed by atoms with Crippen molar-refractivity contribution in [2.24, 2.45) is 5.92 Å². The summed E-state index contributed by atoms with van der Waals surface area (Å²) < 4.78 is 0. The summed E-state index contributed by atoms with van der Waals surface area (Å²) in [5, 5.41) is 11.8. The number of carboxylic acid groups (broad SMARTS) is 1. The largest absolute Gasteiger partial charge is 0.478 e. The molecular weight excluding hydrogens is 316 g/mol. The van der Waals surface area contributed by atoms with Crippen molar-refractivity contribution in [3.8, 4) is 0 Å². The van der Waals surface area contributed by atoms with Crippen LogP contribution < -0.4 is 5.32 Å². The number of carbonyl (C=O) groups excluding carboxylic acids is 1. The van der Waals surface area contributed by atoms with E-state index in [1.54, 1.807) is 12.1 Å². The molecule has 130 valence electrons. The zero-order valence-corrected chi connectivity index (χ0v) is 14.0. The summed E-state index contributed by atoms with van der Waals surface area (Å²) in [6, 6.07) is 16.6.